The molecule has 0 unspecified atom stereocenters. The van der Waals surface area contributed by atoms with Gasteiger partial charge in [0.15, 0.2) is 5.82 Å². The van der Waals surface area contributed by atoms with Gasteiger partial charge in [-0.2, -0.15) is 10.4 Å². The molecule has 9 heteroatoms. The van der Waals surface area contributed by atoms with Gasteiger partial charge in [-0.15, -0.1) is 0 Å². The smallest absolute Gasteiger partial charge is 0.222 e. The summed E-state index contributed by atoms with van der Waals surface area (Å²) in [6.07, 6.45) is 4.69. The first-order valence-corrected chi connectivity index (χ1v) is 11.1. The highest BCUT2D eigenvalue weighted by atomic mass is 16.5. The lowest BCUT2D eigenvalue weighted by atomic mass is 9.96. The molecule has 2 aliphatic rings. The van der Waals surface area contributed by atoms with Gasteiger partial charge in [0.05, 0.1) is 29.6 Å². The van der Waals surface area contributed by atoms with E-state index in [4.69, 9.17) is 19.6 Å². The lowest BCUT2D eigenvalue weighted by molar-refractivity contribution is -0.114. The van der Waals surface area contributed by atoms with Gasteiger partial charge in [-0.25, -0.2) is 14.6 Å². The van der Waals surface area contributed by atoms with E-state index < -0.39 is 5.60 Å². The molecule has 3 aromatic heterocycles. The van der Waals surface area contributed by atoms with Gasteiger partial charge in [-0.1, -0.05) is 0 Å². The molecule has 2 fully saturated rings. The van der Waals surface area contributed by atoms with Gasteiger partial charge >= 0.3 is 0 Å². The van der Waals surface area contributed by atoms with Crippen molar-refractivity contribution in [3.63, 3.8) is 0 Å². The summed E-state index contributed by atoms with van der Waals surface area (Å²) >= 11 is 0. The predicted molar refractivity (Wildman–Crippen MR) is 121 cm³/mol. The Morgan fingerprint density at radius 1 is 1.33 bits per heavy atom. The maximum Gasteiger partial charge on any atom is 0.222 e. The second-order valence-corrected chi connectivity index (χ2v) is 9.03. The maximum absolute atomic E-state index is 11.6. The second kappa shape index (κ2) is 7.90. The Morgan fingerprint density at radius 3 is 2.79 bits per heavy atom. The summed E-state index contributed by atoms with van der Waals surface area (Å²) < 4.78 is 13.3. The Hall–Kier alpha value is -3.35. The van der Waals surface area contributed by atoms with Crippen LogP contribution in [0.1, 0.15) is 49.6 Å². The number of nitrogens with zero attached hydrogens (tertiary/aromatic N) is 5. The molecule has 0 aromatic carbocycles. The molecule has 0 bridgehead atoms. The fraction of sp³-hybridized carbons (Fsp3) is 0.458. The number of nitrogens with one attached hydrogen (secondary N) is 1. The van der Waals surface area contributed by atoms with Gasteiger partial charge in [0, 0.05) is 56.5 Å². The van der Waals surface area contributed by atoms with Gasteiger partial charge in [0.1, 0.15) is 11.4 Å². The number of anilines is 1. The minimum absolute atomic E-state index is 0.199. The van der Waals surface area contributed by atoms with Crippen molar-refractivity contribution in [1.29, 1.82) is 5.26 Å². The molecule has 0 spiro atoms. The van der Waals surface area contributed by atoms with Crippen LogP contribution in [0.25, 0.3) is 16.7 Å². The molecule has 9 nitrogen and oxygen atoms in total. The molecule has 0 radical (unpaired) electrons. The van der Waals surface area contributed by atoms with Crippen molar-refractivity contribution in [2.45, 2.75) is 50.5 Å². The number of rotatable bonds is 6. The van der Waals surface area contributed by atoms with E-state index in [-0.39, 0.29) is 11.3 Å². The van der Waals surface area contributed by atoms with Crippen LogP contribution in [0.2, 0.25) is 0 Å². The largest absolute Gasteiger partial charge is 0.378 e. The SMILES string of the molecule is CO[C@@]1(c2cc(C)cc(-n3nc(C4(CC#N)CC4)c4cnc(NC(C)=O)cc43)n2)CCOC1. The standard InChI is InChI=1S/C24H26N6O3/c1-15-10-19(24(32-3)7-9-33-14-24)28-21(11-15)30-18-12-20(27-16(2)31)26-13-17(18)22(29-30)23(4-5-23)6-8-25/h10-13H,4-7,9,14H2,1-3H3,(H,26,27,31)/t24-/m0/s1. The number of aryl methyl sites for hydroxylation is 1. The van der Waals surface area contributed by atoms with E-state index in [1.54, 1.807) is 18.0 Å². The van der Waals surface area contributed by atoms with Gasteiger partial charge in [0.25, 0.3) is 0 Å². The van der Waals surface area contributed by atoms with Gasteiger partial charge in [-0.3, -0.25) is 4.79 Å². The zero-order chi connectivity index (χ0) is 23.2. The minimum Gasteiger partial charge on any atom is -0.378 e. The van der Waals surface area contributed by atoms with Crippen molar-refractivity contribution in [3.05, 3.63) is 41.3 Å². The highest BCUT2D eigenvalue weighted by Gasteiger charge is 2.48. The second-order valence-electron chi connectivity index (χ2n) is 9.03. The third kappa shape index (κ3) is 3.65. The van der Waals surface area contributed by atoms with Crippen LogP contribution in [-0.2, 0) is 25.3 Å². The number of methoxy groups -OCH3 is 1. The summed E-state index contributed by atoms with van der Waals surface area (Å²) in [4.78, 5) is 21.0. The molecule has 3 aromatic rings. The monoisotopic (exact) mass is 446 g/mol. The molecule has 1 N–H and O–H groups in total. The van der Waals surface area contributed by atoms with Crippen LogP contribution < -0.4 is 5.32 Å². The number of carbonyl (C=O) groups is 1. The zero-order valence-electron chi connectivity index (χ0n) is 19.0. The minimum atomic E-state index is -0.589. The molecule has 5 rings (SSSR count). The first-order valence-electron chi connectivity index (χ1n) is 11.1. The molecule has 1 aliphatic heterocycles. The molecular weight excluding hydrogens is 420 g/mol. The number of pyridine rings is 2. The fourth-order valence-corrected chi connectivity index (χ4v) is 4.63. The number of ether oxygens (including phenoxy) is 2. The molecule has 170 valence electrons. The normalized spacial score (nSPS) is 21.2. The number of amides is 1. The summed E-state index contributed by atoms with van der Waals surface area (Å²) in [5.41, 5.74) is 2.63. The molecule has 1 aliphatic carbocycles. The lowest BCUT2D eigenvalue weighted by Gasteiger charge is -2.26. The van der Waals surface area contributed by atoms with Crippen LogP contribution in [0.4, 0.5) is 5.82 Å². The van der Waals surface area contributed by atoms with Crippen LogP contribution >= 0.6 is 0 Å². The van der Waals surface area contributed by atoms with Crippen LogP contribution in [0.15, 0.2) is 24.4 Å². The number of hydrogen-bond acceptors (Lipinski definition) is 7. The van der Waals surface area contributed by atoms with Crippen molar-refractivity contribution in [3.8, 4) is 11.9 Å². The highest BCUT2D eigenvalue weighted by Crippen LogP contribution is 2.52. The first kappa shape index (κ1) is 21.5. The molecule has 1 atom stereocenters. The van der Waals surface area contributed by atoms with Crippen molar-refractivity contribution in [2.75, 3.05) is 25.6 Å². The van der Waals surface area contributed by atoms with Crippen LogP contribution in [0.3, 0.4) is 0 Å². The summed E-state index contributed by atoms with van der Waals surface area (Å²) in [6.45, 7) is 4.54. The summed E-state index contributed by atoms with van der Waals surface area (Å²) in [5, 5.41) is 18.0. The zero-order valence-corrected chi connectivity index (χ0v) is 19.0. The Morgan fingerprint density at radius 2 is 2.15 bits per heavy atom. The third-order valence-corrected chi connectivity index (χ3v) is 6.66. The summed E-state index contributed by atoms with van der Waals surface area (Å²) in [5.74, 6) is 0.895. The molecular formula is C24H26N6O3. The van der Waals surface area contributed by atoms with Crippen LogP contribution in [-0.4, -0.2) is 46.0 Å². The summed E-state index contributed by atoms with van der Waals surface area (Å²) in [7, 11) is 1.68. The van der Waals surface area contributed by atoms with Crippen LogP contribution in [0, 0.1) is 18.3 Å². The van der Waals surface area contributed by atoms with Crippen molar-refractivity contribution < 1.29 is 14.3 Å². The number of carbonyl (C=O) groups excluding carboxylic acids is 1. The predicted octanol–water partition coefficient (Wildman–Crippen LogP) is 3.29. The molecule has 4 heterocycles. The molecule has 33 heavy (non-hydrogen) atoms. The van der Waals surface area contributed by atoms with Gasteiger partial charge in [-0.05, 0) is 37.5 Å². The molecule has 1 amide bonds. The quantitative estimate of drug-likeness (QED) is 0.618. The average molecular weight is 447 g/mol. The van der Waals surface area contributed by atoms with Crippen molar-refractivity contribution in [2.24, 2.45) is 0 Å². The lowest BCUT2D eigenvalue weighted by Crippen LogP contribution is -2.30. The third-order valence-electron chi connectivity index (χ3n) is 6.66. The summed E-state index contributed by atoms with van der Waals surface area (Å²) in [6, 6.07) is 8.12. The van der Waals surface area contributed by atoms with Gasteiger partial charge < -0.3 is 14.8 Å². The average Bonchev–Trinajstić information content (AvgIpc) is 3.23. The van der Waals surface area contributed by atoms with E-state index in [1.807, 2.05) is 25.1 Å². The number of aromatic nitrogens is 4. The van der Waals surface area contributed by atoms with E-state index in [2.05, 4.69) is 16.4 Å². The molecule has 1 saturated heterocycles. The van der Waals surface area contributed by atoms with Crippen molar-refractivity contribution in [1.82, 2.24) is 19.7 Å². The Kier molecular flexibility index (Phi) is 5.15. The van der Waals surface area contributed by atoms with Crippen LogP contribution in [0.5, 0.6) is 0 Å². The number of fused-ring (bicyclic) bond motifs is 1. The Bertz CT molecular complexity index is 1280. The maximum atomic E-state index is 11.6. The first-order chi connectivity index (χ1) is 15.9. The van der Waals surface area contributed by atoms with E-state index in [0.29, 0.717) is 31.3 Å². The van der Waals surface area contributed by atoms with Crippen molar-refractivity contribution >= 4 is 22.6 Å². The fourth-order valence-electron chi connectivity index (χ4n) is 4.63. The van der Waals surface area contributed by atoms with Gasteiger partial charge in [0.2, 0.25) is 5.91 Å². The Labute approximate surface area is 191 Å². The number of nitriles is 1. The van der Waals surface area contributed by atoms with E-state index in [9.17, 15) is 10.1 Å². The topological polar surface area (TPSA) is 115 Å². The highest BCUT2D eigenvalue weighted by molar-refractivity contribution is 5.92. The van der Waals surface area contributed by atoms with E-state index in [1.165, 1.54) is 6.92 Å². The van der Waals surface area contributed by atoms with E-state index >= 15 is 0 Å². The Balaban J connectivity index is 1.71. The number of hydrogen-bond donors (Lipinski definition) is 1. The van der Waals surface area contributed by atoms with E-state index in [0.717, 1.165) is 47.1 Å². The molecule has 1 saturated carbocycles.